The summed E-state index contributed by atoms with van der Waals surface area (Å²) in [5.41, 5.74) is 7.03. The summed E-state index contributed by atoms with van der Waals surface area (Å²) in [7, 11) is 0. The minimum absolute atomic E-state index is 0.0718. The average molecular weight is 209 g/mol. The molecule has 2 rings (SSSR count). The molecule has 1 fully saturated rings. The summed E-state index contributed by atoms with van der Waals surface area (Å²) in [6.45, 7) is 2.72. The lowest BCUT2D eigenvalue weighted by atomic mass is 9.86. The van der Waals surface area contributed by atoms with Gasteiger partial charge in [0.05, 0.1) is 6.10 Å². The van der Waals surface area contributed by atoms with E-state index in [9.17, 15) is 4.39 Å². The second kappa shape index (κ2) is 3.91. The van der Waals surface area contributed by atoms with Crippen molar-refractivity contribution in [3.05, 3.63) is 35.6 Å². The fourth-order valence-corrected chi connectivity index (χ4v) is 2.01. The van der Waals surface area contributed by atoms with Gasteiger partial charge in [0.1, 0.15) is 5.82 Å². The minimum Gasteiger partial charge on any atom is -0.377 e. The van der Waals surface area contributed by atoms with Crippen molar-refractivity contribution in [1.29, 1.82) is 0 Å². The molecular weight excluding hydrogens is 193 g/mol. The Morgan fingerprint density at radius 2 is 2.13 bits per heavy atom. The summed E-state index contributed by atoms with van der Waals surface area (Å²) >= 11 is 0. The first kappa shape index (κ1) is 10.6. The summed E-state index contributed by atoms with van der Waals surface area (Å²) in [4.78, 5) is 0. The van der Waals surface area contributed by atoms with E-state index in [1.165, 1.54) is 12.1 Å². The van der Waals surface area contributed by atoms with Crippen molar-refractivity contribution in [1.82, 2.24) is 0 Å². The Labute approximate surface area is 89.2 Å². The Morgan fingerprint density at radius 3 is 2.67 bits per heavy atom. The van der Waals surface area contributed by atoms with Crippen LogP contribution in [0.3, 0.4) is 0 Å². The fourth-order valence-electron chi connectivity index (χ4n) is 2.01. The van der Waals surface area contributed by atoms with Crippen molar-refractivity contribution in [3.8, 4) is 0 Å². The van der Waals surface area contributed by atoms with Crippen molar-refractivity contribution >= 4 is 0 Å². The standard InChI is InChI=1S/C12H16FNO/c1-9-12(14,6-7-15-9)8-10-2-4-11(13)5-3-10/h2-5,9H,6-8,14H2,1H3. The Balaban J connectivity index is 2.11. The molecule has 0 radical (unpaired) electrons. The average Bonchev–Trinajstić information content (AvgIpc) is 2.51. The highest BCUT2D eigenvalue weighted by molar-refractivity contribution is 5.20. The van der Waals surface area contributed by atoms with Crippen LogP contribution in [0.4, 0.5) is 4.39 Å². The van der Waals surface area contributed by atoms with E-state index < -0.39 is 0 Å². The first-order chi connectivity index (χ1) is 7.10. The van der Waals surface area contributed by atoms with E-state index in [2.05, 4.69) is 0 Å². The van der Waals surface area contributed by atoms with Crippen LogP contribution in [0.15, 0.2) is 24.3 Å². The van der Waals surface area contributed by atoms with Crippen LogP contribution in [0.2, 0.25) is 0 Å². The maximum absolute atomic E-state index is 12.7. The number of ether oxygens (including phenoxy) is 1. The molecule has 1 aromatic rings. The highest BCUT2D eigenvalue weighted by atomic mass is 19.1. The number of hydrogen-bond donors (Lipinski definition) is 1. The summed E-state index contributed by atoms with van der Waals surface area (Å²) in [5, 5.41) is 0. The zero-order chi connectivity index (χ0) is 10.9. The quantitative estimate of drug-likeness (QED) is 0.807. The van der Waals surface area contributed by atoms with Gasteiger partial charge in [-0.15, -0.1) is 0 Å². The molecule has 2 atom stereocenters. The van der Waals surface area contributed by atoms with Gasteiger partial charge in [-0.25, -0.2) is 4.39 Å². The van der Waals surface area contributed by atoms with Crippen LogP contribution in [-0.2, 0) is 11.2 Å². The molecule has 1 saturated heterocycles. The molecule has 0 amide bonds. The highest BCUT2D eigenvalue weighted by Gasteiger charge is 2.37. The Hall–Kier alpha value is -0.930. The number of rotatable bonds is 2. The van der Waals surface area contributed by atoms with E-state index in [0.29, 0.717) is 0 Å². The minimum atomic E-state index is -0.294. The molecular formula is C12H16FNO. The van der Waals surface area contributed by atoms with Crippen molar-refractivity contribution in [2.45, 2.75) is 31.4 Å². The number of halogens is 1. The van der Waals surface area contributed by atoms with Gasteiger partial charge in [0, 0.05) is 12.1 Å². The molecule has 0 aliphatic carbocycles. The molecule has 2 nitrogen and oxygen atoms in total. The van der Waals surface area contributed by atoms with Crippen LogP contribution < -0.4 is 5.73 Å². The number of benzene rings is 1. The Morgan fingerprint density at radius 1 is 1.47 bits per heavy atom. The third kappa shape index (κ3) is 2.19. The molecule has 0 aromatic heterocycles. The summed E-state index contributed by atoms with van der Waals surface area (Å²) in [5.74, 6) is -0.208. The predicted octanol–water partition coefficient (Wildman–Crippen LogP) is 1.87. The van der Waals surface area contributed by atoms with E-state index in [1.54, 1.807) is 12.1 Å². The van der Waals surface area contributed by atoms with Crippen LogP contribution in [0.1, 0.15) is 18.9 Å². The third-order valence-corrected chi connectivity index (χ3v) is 3.19. The summed E-state index contributed by atoms with van der Waals surface area (Å²) in [6.07, 6.45) is 1.68. The maximum Gasteiger partial charge on any atom is 0.123 e. The second-order valence-corrected chi connectivity index (χ2v) is 4.30. The van der Waals surface area contributed by atoms with Gasteiger partial charge in [0.15, 0.2) is 0 Å². The van der Waals surface area contributed by atoms with E-state index >= 15 is 0 Å². The number of hydrogen-bond acceptors (Lipinski definition) is 2. The van der Waals surface area contributed by atoms with Gasteiger partial charge in [-0.1, -0.05) is 12.1 Å². The Bertz CT molecular complexity index is 338. The molecule has 0 bridgehead atoms. The zero-order valence-electron chi connectivity index (χ0n) is 8.87. The molecule has 1 aliphatic heterocycles. The van der Waals surface area contributed by atoms with Gasteiger partial charge < -0.3 is 10.5 Å². The van der Waals surface area contributed by atoms with Crippen LogP contribution in [0.25, 0.3) is 0 Å². The fraction of sp³-hybridized carbons (Fsp3) is 0.500. The van der Waals surface area contributed by atoms with Gasteiger partial charge in [0.25, 0.3) is 0 Å². The van der Waals surface area contributed by atoms with Gasteiger partial charge in [-0.05, 0) is 37.5 Å². The summed E-state index contributed by atoms with van der Waals surface area (Å²) < 4.78 is 18.2. The van der Waals surface area contributed by atoms with Crippen LogP contribution in [-0.4, -0.2) is 18.2 Å². The molecule has 1 heterocycles. The maximum atomic E-state index is 12.7. The lowest BCUT2D eigenvalue weighted by molar-refractivity contribution is 0.0955. The van der Waals surface area contributed by atoms with Crippen molar-refractivity contribution in [3.63, 3.8) is 0 Å². The van der Waals surface area contributed by atoms with Crippen molar-refractivity contribution in [2.24, 2.45) is 5.73 Å². The molecule has 82 valence electrons. The van der Waals surface area contributed by atoms with Gasteiger partial charge in [0.2, 0.25) is 0 Å². The first-order valence-electron chi connectivity index (χ1n) is 5.25. The van der Waals surface area contributed by atoms with Gasteiger partial charge in [-0.2, -0.15) is 0 Å². The lowest BCUT2D eigenvalue weighted by Gasteiger charge is -2.27. The van der Waals surface area contributed by atoms with Crippen LogP contribution in [0.5, 0.6) is 0 Å². The highest BCUT2D eigenvalue weighted by Crippen LogP contribution is 2.27. The molecule has 0 saturated carbocycles. The van der Waals surface area contributed by atoms with E-state index in [0.717, 1.165) is 25.0 Å². The molecule has 1 aromatic carbocycles. The predicted molar refractivity (Wildman–Crippen MR) is 57.1 cm³/mol. The van der Waals surface area contributed by atoms with Gasteiger partial charge >= 0.3 is 0 Å². The monoisotopic (exact) mass is 209 g/mol. The SMILES string of the molecule is CC1OCCC1(N)Cc1ccc(F)cc1. The van der Waals surface area contributed by atoms with Crippen LogP contribution >= 0.6 is 0 Å². The molecule has 15 heavy (non-hydrogen) atoms. The topological polar surface area (TPSA) is 35.2 Å². The molecule has 1 aliphatic rings. The second-order valence-electron chi connectivity index (χ2n) is 4.30. The molecule has 2 N–H and O–H groups in total. The van der Waals surface area contributed by atoms with E-state index in [1.807, 2.05) is 6.92 Å². The smallest absolute Gasteiger partial charge is 0.123 e. The third-order valence-electron chi connectivity index (χ3n) is 3.19. The molecule has 2 unspecified atom stereocenters. The first-order valence-corrected chi connectivity index (χ1v) is 5.25. The normalized spacial score (nSPS) is 30.7. The molecule has 3 heteroatoms. The van der Waals surface area contributed by atoms with Crippen molar-refractivity contribution in [2.75, 3.05) is 6.61 Å². The van der Waals surface area contributed by atoms with E-state index in [4.69, 9.17) is 10.5 Å². The zero-order valence-corrected chi connectivity index (χ0v) is 8.87. The van der Waals surface area contributed by atoms with E-state index in [-0.39, 0.29) is 17.5 Å². The largest absolute Gasteiger partial charge is 0.377 e. The van der Waals surface area contributed by atoms with Crippen molar-refractivity contribution < 1.29 is 9.13 Å². The summed E-state index contributed by atoms with van der Waals surface area (Å²) in [6, 6.07) is 6.52. The van der Waals surface area contributed by atoms with Gasteiger partial charge in [-0.3, -0.25) is 0 Å². The van der Waals surface area contributed by atoms with Crippen LogP contribution in [0, 0.1) is 5.82 Å². The Kier molecular flexibility index (Phi) is 2.76. The lowest BCUT2D eigenvalue weighted by Crippen LogP contribution is -2.47. The number of nitrogens with two attached hydrogens (primary N) is 1. The molecule has 0 spiro atoms.